The lowest BCUT2D eigenvalue weighted by Crippen LogP contribution is -2.33. The Labute approximate surface area is 107 Å². The average Bonchev–Trinajstić information content (AvgIpc) is 2.35. The van der Waals surface area contributed by atoms with Crippen LogP contribution in [-0.4, -0.2) is 32.2 Å². The number of hydrogen-bond acceptors (Lipinski definition) is 5. The van der Waals surface area contributed by atoms with Gasteiger partial charge >= 0.3 is 0 Å². The monoisotopic (exact) mass is 267 g/mol. The van der Waals surface area contributed by atoms with Crippen molar-refractivity contribution in [2.45, 2.75) is 12.2 Å². The number of aliphatic hydroxyl groups excluding tert-OH is 2. The number of primary amides is 1. The third kappa shape index (κ3) is 2.40. The van der Waals surface area contributed by atoms with Gasteiger partial charge in [-0.15, -0.1) is 0 Å². The van der Waals surface area contributed by atoms with Crippen LogP contribution in [0.5, 0.6) is 0 Å². The summed E-state index contributed by atoms with van der Waals surface area (Å²) in [6, 6.07) is 4.62. The number of rotatable bonds is 3. The summed E-state index contributed by atoms with van der Waals surface area (Å²) < 4.78 is 0. The molecule has 0 saturated carbocycles. The van der Waals surface area contributed by atoms with E-state index < -0.39 is 18.1 Å². The Morgan fingerprint density at radius 1 is 1.33 bits per heavy atom. The molecule has 4 N–H and O–H groups in total. The van der Waals surface area contributed by atoms with Crippen molar-refractivity contribution >= 4 is 28.5 Å². The minimum Gasteiger partial charge on any atom is -0.385 e. The average molecular weight is 268 g/mol. The van der Waals surface area contributed by atoms with E-state index in [4.69, 9.17) is 17.3 Å². The van der Waals surface area contributed by atoms with Crippen LogP contribution in [0.4, 0.5) is 0 Å². The van der Waals surface area contributed by atoms with Crippen molar-refractivity contribution in [1.29, 1.82) is 0 Å². The van der Waals surface area contributed by atoms with E-state index >= 15 is 0 Å². The number of carbonyl (C=O) groups excluding carboxylic acids is 1. The predicted molar refractivity (Wildman–Crippen MR) is 64.7 cm³/mol. The van der Waals surface area contributed by atoms with Gasteiger partial charge in [0.25, 0.3) is 0 Å². The number of nitrogens with zero attached hydrogens (tertiary/aromatic N) is 2. The van der Waals surface area contributed by atoms with Gasteiger partial charge in [0.15, 0.2) is 6.10 Å². The third-order valence-electron chi connectivity index (χ3n) is 2.47. The van der Waals surface area contributed by atoms with E-state index in [-0.39, 0.29) is 5.15 Å². The largest absolute Gasteiger partial charge is 0.385 e. The van der Waals surface area contributed by atoms with E-state index in [0.29, 0.717) is 16.6 Å². The zero-order valence-electron chi connectivity index (χ0n) is 9.12. The molecule has 94 valence electrons. The minimum absolute atomic E-state index is 0.213. The molecule has 2 unspecified atom stereocenters. The van der Waals surface area contributed by atoms with Crippen LogP contribution in [0.25, 0.3) is 11.0 Å². The summed E-state index contributed by atoms with van der Waals surface area (Å²) in [5, 5.41) is 19.4. The van der Waals surface area contributed by atoms with E-state index in [2.05, 4.69) is 9.97 Å². The number of aromatic nitrogens is 2. The predicted octanol–water partition coefficient (Wildman–Crippen LogP) is 0.163. The summed E-state index contributed by atoms with van der Waals surface area (Å²) in [4.78, 5) is 18.8. The van der Waals surface area contributed by atoms with E-state index in [9.17, 15) is 15.0 Å². The van der Waals surface area contributed by atoms with Crippen LogP contribution in [0, 0.1) is 0 Å². The molecule has 2 rings (SSSR count). The highest BCUT2D eigenvalue weighted by molar-refractivity contribution is 6.29. The lowest BCUT2D eigenvalue weighted by molar-refractivity contribution is -0.131. The lowest BCUT2D eigenvalue weighted by atomic mass is 10.0. The summed E-state index contributed by atoms with van der Waals surface area (Å²) in [6.45, 7) is 0. The number of hydrogen-bond donors (Lipinski definition) is 3. The van der Waals surface area contributed by atoms with Gasteiger partial charge in [-0.05, 0) is 17.7 Å². The molecular formula is C11H10ClN3O3. The molecule has 18 heavy (non-hydrogen) atoms. The standard InChI is InChI=1S/C11H10ClN3O3/c12-8-4-14-6-2-1-5(3-7(6)15-8)9(16)10(17)11(13)18/h1-4,9-10,16-17H,(H2,13,18). The van der Waals surface area contributed by atoms with Gasteiger partial charge in [0.05, 0.1) is 17.2 Å². The molecule has 7 heteroatoms. The zero-order valence-corrected chi connectivity index (χ0v) is 9.87. The number of benzene rings is 1. The molecule has 0 saturated heterocycles. The number of fused-ring (bicyclic) bond motifs is 1. The Bertz CT molecular complexity index is 605. The molecule has 0 fully saturated rings. The fourth-order valence-electron chi connectivity index (χ4n) is 1.53. The lowest BCUT2D eigenvalue weighted by Gasteiger charge is -2.15. The Morgan fingerprint density at radius 2 is 2.06 bits per heavy atom. The first kappa shape index (κ1) is 12.7. The van der Waals surface area contributed by atoms with Gasteiger partial charge in [-0.25, -0.2) is 4.98 Å². The maximum Gasteiger partial charge on any atom is 0.249 e. The zero-order chi connectivity index (χ0) is 13.3. The van der Waals surface area contributed by atoms with Gasteiger partial charge in [0.1, 0.15) is 11.3 Å². The van der Waals surface area contributed by atoms with Crippen LogP contribution in [0.2, 0.25) is 5.15 Å². The first-order valence-corrected chi connectivity index (χ1v) is 5.44. The van der Waals surface area contributed by atoms with Crippen LogP contribution in [-0.2, 0) is 4.79 Å². The van der Waals surface area contributed by atoms with Crippen LogP contribution < -0.4 is 5.73 Å². The summed E-state index contributed by atoms with van der Waals surface area (Å²) in [5.74, 6) is -1.00. The van der Waals surface area contributed by atoms with Gasteiger partial charge in [-0.1, -0.05) is 17.7 Å². The second kappa shape index (κ2) is 4.85. The molecular weight excluding hydrogens is 258 g/mol. The number of halogens is 1. The van der Waals surface area contributed by atoms with Crippen molar-refractivity contribution in [3.8, 4) is 0 Å². The highest BCUT2D eigenvalue weighted by Crippen LogP contribution is 2.21. The van der Waals surface area contributed by atoms with Gasteiger partial charge < -0.3 is 15.9 Å². The fraction of sp³-hybridized carbons (Fsp3) is 0.182. The SMILES string of the molecule is NC(=O)C(O)C(O)c1ccc2ncc(Cl)nc2c1. The Balaban J connectivity index is 2.43. The van der Waals surface area contributed by atoms with Gasteiger partial charge in [0.2, 0.25) is 5.91 Å². The van der Waals surface area contributed by atoms with Crippen LogP contribution in [0.15, 0.2) is 24.4 Å². The van der Waals surface area contributed by atoms with E-state index in [1.807, 2.05) is 0 Å². The van der Waals surface area contributed by atoms with Crippen molar-refractivity contribution < 1.29 is 15.0 Å². The molecule has 0 spiro atoms. The second-order valence-electron chi connectivity index (χ2n) is 3.73. The van der Waals surface area contributed by atoms with Gasteiger partial charge in [-0.3, -0.25) is 9.78 Å². The third-order valence-corrected chi connectivity index (χ3v) is 2.65. The summed E-state index contributed by atoms with van der Waals surface area (Å²) in [5.41, 5.74) is 6.26. The van der Waals surface area contributed by atoms with E-state index in [1.54, 1.807) is 6.07 Å². The maximum atomic E-state index is 10.8. The summed E-state index contributed by atoms with van der Waals surface area (Å²) in [7, 11) is 0. The van der Waals surface area contributed by atoms with Crippen LogP contribution in [0.1, 0.15) is 11.7 Å². The molecule has 6 nitrogen and oxygen atoms in total. The molecule has 0 bridgehead atoms. The summed E-state index contributed by atoms with van der Waals surface area (Å²) >= 11 is 5.70. The van der Waals surface area contributed by atoms with Crippen LogP contribution >= 0.6 is 11.6 Å². The second-order valence-corrected chi connectivity index (χ2v) is 4.12. The van der Waals surface area contributed by atoms with E-state index in [1.165, 1.54) is 18.3 Å². The van der Waals surface area contributed by atoms with Crippen molar-refractivity contribution in [2.24, 2.45) is 5.73 Å². The first-order chi connectivity index (χ1) is 8.49. The minimum atomic E-state index is -1.67. The Kier molecular flexibility index (Phi) is 3.42. The van der Waals surface area contributed by atoms with Crippen molar-refractivity contribution in [3.63, 3.8) is 0 Å². The maximum absolute atomic E-state index is 10.8. The molecule has 2 aromatic rings. The fourth-order valence-corrected chi connectivity index (χ4v) is 1.67. The smallest absolute Gasteiger partial charge is 0.249 e. The van der Waals surface area contributed by atoms with Crippen LogP contribution in [0.3, 0.4) is 0 Å². The molecule has 0 radical (unpaired) electrons. The van der Waals surface area contributed by atoms with Crippen molar-refractivity contribution in [3.05, 3.63) is 35.1 Å². The number of aliphatic hydroxyl groups is 2. The number of carbonyl (C=O) groups is 1. The number of nitrogens with two attached hydrogens (primary N) is 1. The molecule has 1 aromatic carbocycles. The van der Waals surface area contributed by atoms with Crippen molar-refractivity contribution in [2.75, 3.05) is 0 Å². The molecule has 2 atom stereocenters. The Hall–Kier alpha value is -1.76. The highest BCUT2D eigenvalue weighted by Gasteiger charge is 2.23. The Morgan fingerprint density at radius 3 is 2.72 bits per heavy atom. The molecule has 0 aliphatic heterocycles. The highest BCUT2D eigenvalue weighted by atomic mass is 35.5. The van der Waals surface area contributed by atoms with Crippen molar-refractivity contribution in [1.82, 2.24) is 9.97 Å². The molecule has 0 aliphatic carbocycles. The number of amides is 1. The van der Waals surface area contributed by atoms with E-state index in [0.717, 1.165) is 0 Å². The van der Waals surface area contributed by atoms with Gasteiger partial charge in [0, 0.05) is 0 Å². The quantitative estimate of drug-likeness (QED) is 0.734. The summed E-state index contributed by atoms with van der Waals surface area (Å²) in [6.07, 6.45) is -1.68. The molecule has 1 amide bonds. The van der Waals surface area contributed by atoms with Gasteiger partial charge in [-0.2, -0.15) is 0 Å². The first-order valence-electron chi connectivity index (χ1n) is 5.06. The molecule has 1 aromatic heterocycles. The normalized spacial score (nSPS) is 14.4. The molecule has 0 aliphatic rings. The topological polar surface area (TPSA) is 109 Å². The molecule has 1 heterocycles.